The summed E-state index contributed by atoms with van der Waals surface area (Å²) in [6, 6.07) is 4.62. The fraction of sp³-hybridized carbons (Fsp3) is 0.333. The molecule has 1 unspecified atom stereocenters. The van der Waals surface area contributed by atoms with Crippen LogP contribution in [0.4, 0.5) is 0 Å². The zero-order valence-corrected chi connectivity index (χ0v) is 17.2. The van der Waals surface area contributed by atoms with Crippen molar-refractivity contribution in [2.24, 2.45) is 0 Å². The van der Waals surface area contributed by atoms with Crippen LogP contribution in [0.1, 0.15) is 13.8 Å². The van der Waals surface area contributed by atoms with Gasteiger partial charge in [0.15, 0.2) is 0 Å². The fourth-order valence-electron chi connectivity index (χ4n) is 2.64. The second-order valence-electron chi connectivity index (χ2n) is 6.56. The third-order valence-corrected chi connectivity index (χ3v) is 21.7. The Hall–Kier alpha value is 0.463. The van der Waals surface area contributed by atoms with Crippen LogP contribution in [0.25, 0.3) is 0 Å². The Balaban J connectivity index is 0.00000162. The topological polar surface area (TPSA) is 0 Å². The van der Waals surface area contributed by atoms with E-state index in [-0.39, 0.29) is 24.8 Å². The summed E-state index contributed by atoms with van der Waals surface area (Å²) in [6.07, 6.45) is 6.89. The van der Waals surface area contributed by atoms with E-state index in [2.05, 4.69) is 63.9 Å². The van der Waals surface area contributed by atoms with E-state index in [0.29, 0.717) is 0 Å². The van der Waals surface area contributed by atoms with Crippen LogP contribution in [0.3, 0.4) is 0 Å². The van der Waals surface area contributed by atoms with E-state index in [4.69, 9.17) is 0 Å². The van der Waals surface area contributed by atoms with Crippen molar-refractivity contribution in [2.45, 2.75) is 27.7 Å². The number of hydrogen-bond donors (Lipinski definition) is 0. The molecule has 1 aromatic heterocycles. The Morgan fingerprint density at radius 3 is 2.21 bits per heavy atom. The molecule has 1 aliphatic carbocycles. The third kappa shape index (κ3) is 3.57. The van der Waals surface area contributed by atoms with Crippen LogP contribution >= 0.6 is 8.19 Å². The summed E-state index contributed by atoms with van der Waals surface area (Å²) in [6.45, 7) is 4.46. The van der Waals surface area contributed by atoms with Crippen LogP contribution < -0.4 is 27.8 Å². The van der Waals surface area contributed by atoms with Crippen LogP contribution in [0.15, 0.2) is 50.6 Å². The van der Waals surface area contributed by atoms with Crippen molar-refractivity contribution in [3.05, 3.63) is 50.6 Å². The number of rotatable bonds is 2. The Labute approximate surface area is 132 Å². The third-order valence-electron chi connectivity index (χ3n) is 3.84. The summed E-state index contributed by atoms with van der Waals surface area (Å²) in [5.41, 5.74) is 2.95. The molecule has 1 aromatic rings. The van der Waals surface area contributed by atoms with E-state index >= 15 is 0 Å². The molecule has 0 bridgehead atoms. The molecule has 0 aliphatic heterocycles. The molecule has 0 fully saturated rings. The van der Waals surface area contributed by atoms with E-state index in [0.717, 1.165) is 8.19 Å². The van der Waals surface area contributed by atoms with Gasteiger partial charge in [0.1, 0.15) is 0 Å². The summed E-state index contributed by atoms with van der Waals surface area (Å²) in [4.78, 5) is 0. The van der Waals surface area contributed by atoms with E-state index < -0.39 is 18.8 Å². The van der Waals surface area contributed by atoms with E-state index in [9.17, 15) is 0 Å². The Bertz CT molecular complexity index is 524. The van der Waals surface area contributed by atoms with Crippen LogP contribution in [0.2, 0.25) is 13.9 Å². The predicted molar refractivity (Wildman–Crippen MR) is 78.8 cm³/mol. The molecular weight excluding hydrogens is 373 g/mol. The van der Waals surface area contributed by atoms with Gasteiger partial charge < -0.3 is 24.8 Å². The first kappa shape index (κ1) is 19.5. The fourth-order valence-corrected chi connectivity index (χ4v) is 16.0. The quantitative estimate of drug-likeness (QED) is 0.601. The van der Waals surface area contributed by atoms with Gasteiger partial charge in [0.2, 0.25) is 0 Å². The average Bonchev–Trinajstić information content (AvgIpc) is 2.89. The zero-order chi connectivity index (χ0) is 12.7. The maximum atomic E-state index is 2.56. The molecule has 19 heavy (non-hydrogen) atoms. The molecule has 2 rings (SSSR count). The van der Waals surface area contributed by atoms with Gasteiger partial charge in [-0.1, -0.05) is 0 Å². The van der Waals surface area contributed by atoms with Crippen molar-refractivity contribution >= 4 is 11.2 Å². The monoisotopic (exact) mass is 393 g/mol. The van der Waals surface area contributed by atoms with Crippen molar-refractivity contribution in [2.75, 3.05) is 0 Å². The molecular formula is C15H22Cl2PZr. The first-order chi connectivity index (χ1) is 7.81. The molecule has 0 aromatic carbocycles. The second kappa shape index (κ2) is 6.49. The van der Waals surface area contributed by atoms with Crippen LogP contribution in [0.5, 0.6) is 0 Å². The SMILES string of the molecule is CC(C)=C1C=CC=[C]1[Zr+2]([CH3])([CH3])([CH3])[c]1ccc[pH]1.[Cl-].[Cl-]. The maximum absolute atomic E-state index is 2.87. The van der Waals surface area contributed by atoms with Crippen molar-refractivity contribution in [1.29, 1.82) is 0 Å². The number of hydrogen-bond acceptors (Lipinski definition) is 0. The van der Waals surface area contributed by atoms with Crippen molar-refractivity contribution in [1.82, 2.24) is 0 Å². The molecule has 1 heterocycles. The maximum Gasteiger partial charge on any atom is -1.00 e. The Morgan fingerprint density at radius 2 is 1.74 bits per heavy atom. The molecule has 0 saturated heterocycles. The molecule has 0 radical (unpaired) electrons. The van der Waals surface area contributed by atoms with Gasteiger partial charge in [-0.15, -0.1) is 0 Å². The summed E-state index contributed by atoms with van der Waals surface area (Å²) >= 11 is -2.87. The van der Waals surface area contributed by atoms with Gasteiger partial charge in [-0.25, -0.2) is 0 Å². The van der Waals surface area contributed by atoms with Crippen LogP contribution in [0, 0.1) is 0 Å². The van der Waals surface area contributed by atoms with Crippen LogP contribution in [-0.4, -0.2) is 0 Å². The number of halogens is 2. The molecule has 4 heteroatoms. The van der Waals surface area contributed by atoms with Gasteiger partial charge in [-0.05, 0) is 0 Å². The molecule has 0 spiro atoms. The zero-order valence-electron chi connectivity index (χ0n) is 12.2. The average molecular weight is 395 g/mol. The van der Waals surface area contributed by atoms with Gasteiger partial charge in [0, 0.05) is 0 Å². The predicted octanol–water partition coefficient (Wildman–Crippen LogP) is -1.02. The van der Waals surface area contributed by atoms with E-state index in [1.165, 1.54) is 11.1 Å². The van der Waals surface area contributed by atoms with Gasteiger partial charge in [-0.3, -0.25) is 0 Å². The smallest absolute Gasteiger partial charge is 1.00 e. The Kier molecular flexibility index (Phi) is 6.64. The molecule has 105 valence electrons. The van der Waals surface area contributed by atoms with Gasteiger partial charge in [-0.2, -0.15) is 0 Å². The largest absolute Gasteiger partial charge is 1.00 e. The molecule has 0 amide bonds. The summed E-state index contributed by atoms with van der Waals surface area (Å²) in [5, 5.41) is 0. The molecule has 0 saturated carbocycles. The molecule has 1 aliphatic rings. The summed E-state index contributed by atoms with van der Waals surface area (Å²) in [7, 11) is 0.915. The van der Waals surface area contributed by atoms with Gasteiger partial charge >= 0.3 is 108 Å². The molecule has 0 nitrogen and oxygen atoms in total. The van der Waals surface area contributed by atoms with Gasteiger partial charge in [0.25, 0.3) is 0 Å². The summed E-state index contributed by atoms with van der Waals surface area (Å²) < 4.78 is 11.1. The van der Waals surface area contributed by atoms with E-state index in [1.807, 2.05) is 0 Å². The Morgan fingerprint density at radius 1 is 1.11 bits per heavy atom. The van der Waals surface area contributed by atoms with Crippen molar-refractivity contribution in [3.8, 4) is 0 Å². The minimum atomic E-state index is -2.87. The summed E-state index contributed by atoms with van der Waals surface area (Å²) in [5.74, 6) is 2.32. The first-order valence-corrected chi connectivity index (χ1v) is 17.1. The number of allylic oxidation sites excluding steroid dienone is 6. The molecule has 1 atom stereocenters. The second-order valence-corrected chi connectivity index (χ2v) is 27.0. The minimum absolute atomic E-state index is 0. The molecule has 0 N–H and O–H groups in total. The van der Waals surface area contributed by atoms with Crippen molar-refractivity contribution in [3.63, 3.8) is 0 Å². The van der Waals surface area contributed by atoms with E-state index in [1.54, 1.807) is 6.28 Å². The minimum Gasteiger partial charge on any atom is -1.00 e. The van der Waals surface area contributed by atoms with Gasteiger partial charge in [0.05, 0.1) is 0 Å². The van der Waals surface area contributed by atoms with Crippen molar-refractivity contribution < 1.29 is 43.6 Å². The first-order valence-electron chi connectivity index (χ1n) is 6.24. The van der Waals surface area contributed by atoms with Crippen LogP contribution in [-0.2, 0) is 18.8 Å². The standard InChI is InChI=1S/C8H9.C4H4P.3CH3.2ClH.Zr/c1-7(2)8-5-3-4-6-8;1-2-4-5-3-1;;;;;;/h3-5H,1-2H3;1-3,5H;3*1H3;2*1H;/q;;;;;;;+2/p-2. The normalized spacial score (nSPS) is 15.1.